The molecule has 0 unspecified atom stereocenters. The van der Waals surface area contributed by atoms with E-state index in [0.717, 1.165) is 25.9 Å². The lowest BCUT2D eigenvalue weighted by Crippen LogP contribution is -2.57. The van der Waals surface area contributed by atoms with Crippen LogP contribution in [0.1, 0.15) is 12.8 Å². The molecule has 0 atom stereocenters. The van der Waals surface area contributed by atoms with E-state index in [1.165, 1.54) is 11.4 Å². The molecule has 0 saturated carbocycles. The van der Waals surface area contributed by atoms with Gasteiger partial charge in [-0.3, -0.25) is 0 Å². The number of hydrogen-bond acceptors (Lipinski definition) is 2. The van der Waals surface area contributed by atoms with Crippen LogP contribution in [0, 0.1) is 0 Å². The molecule has 0 amide bonds. The van der Waals surface area contributed by atoms with E-state index in [1.807, 2.05) is 24.3 Å². The van der Waals surface area contributed by atoms with Crippen LogP contribution in [-0.2, 0) is 0 Å². The smallest absolute Gasteiger partial charge is 0.120 e. The minimum atomic E-state index is -0.171. The van der Waals surface area contributed by atoms with Crippen LogP contribution in [0.3, 0.4) is 0 Å². The fourth-order valence-corrected chi connectivity index (χ4v) is 3.30. The van der Waals surface area contributed by atoms with Gasteiger partial charge in [0.05, 0.1) is 11.4 Å². The summed E-state index contributed by atoms with van der Waals surface area (Å²) >= 11 is 0. The van der Waals surface area contributed by atoms with E-state index in [-0.39, 0.29) is 5.66 Å². The predicted octanol–water partition coefficient (Wildman–Crippen LogP) is 4.53. The van der Waals surface area contributed by atoms with Gasteiger partial charge in [0, 0.05) is 25.9 Å². The highest BCUT2D eigenvalue weighted by atomic mass is 15.5. The van der Waals surface area contributed by atoms with Gasteiger partial charge in [-0.25, -0.2) is 0 Å². The van der Waals surface area contributed by atoms with Crippen LogP contribution in [0.25, 0.3) is 0 Å². The van der Waals surface area contributed by atoms with E-state index in [2.05, 4.69) is 60.4 Å². The van der Waals surface area contributed by atoms with Crippen LogP contribution in [0.15, 0.2) is 74.9 Å². The van der Waals surface area contributed by atoms with Crippen LogP contribution in [0.4, 0.5) is 11.4 Å². The standard InChI is InChI=1S/C19H24N2/c1-5-13-19(14-6-2)20(15-7-3)17-11-9-10-12-18(17)21(19)16-8-4/h5-12H,1-4,13-16H2. The highest BCUT2D eigenvalue weighted by molar-refractivity contribution is 5.80. The number of nitrogens with zero attached hydrogens (tertiary/aromatic N) is 2. The minimum Gasteiger partial charge on any atom is -0.343 e. The molecule has 0 aromatic heterocycles. The van der Waals surface area contributed by atoms with Gasteiger partial charge >= 0.3 is 0 Å². The molecule has 0 N–H and O–H groups in total. The Morgan fingerprint density at radius 3 is 1.52 bits per heavy atom. The summed E-state index contributed by atoms with van der Waals surface area (Å²) in [5.41, 5.74) is 2.31. The van der Waals surface area contributed by atoms with E-state index in [0.29, 0.717) is 0 Å². The Kier molecular flexibility index (Phi) is 4.69. The highest BCUT2D eigenvalue weighted by Gasteiger charge is 2.46. The number of rotatable bonds is 8. The summed E-state index contributed by atoms with van der Waals surface area (Å²) in [5.74, 6) is 0. The maximum Gasteiger partial charge on any atom is 0.120 e. The molecule has 0 fully saturated rings. The van der Waals surface area contributed by atoms with Crippen molar-refractivity contribution in [3.63, 3.8) is 0 Å². The summed E-state index contributed by atoms with van der Waals surface area (Å²) in [6.45, 7) is 17.4. The van der Waals surface area contributed by atoms with Crippen LogP contribution in [0.2, 0.25) is 0 Å². The molecule has 1 aliphatic heterocycles. The topological polar surface area (TPSA) is 6.48 Å². The van der Waals surface area contributed by atoms with E-state index in [4.69, 9.17) is 0 Å². The zero-order valence-electron chi connectivity index (χ0n) is 12.7. The Balaban J connectivity index is 2.61. The van der Waals surface area contributed by atoms with Gasteiger partial charge < -0.3 is 9.80 Å². The van der Waals surface area contributed by atoms with E-state index in [1.54, 1.807) is 0 Å². The maximum atomic E-state index is 3.96. The second-order valence-corrected chi connectivity index (χ2v) is 5.26. The van der Waals surface area contributed by atoms with Crippen molar-refractivity contribution in [2.24, 2.45) is 0 Å². The molecule has 110 valence electrons. The van der Waals surface area contributed by atoms with Gasteiger partial charge in [-0.1, -0.05) is 36.4 Å². The molecule has 2 rings (SSSR count). The van der Waals surface area contributed by atoms with Crippen molar-refractivity contribution in [2.75, 3.05) is 22.9 Å². The van der Waals surface area contributed by atoms with Gasteiger partial charge in [0.2, 0.25) is 0 Å². The average molecular weight is 280 g/mol. The summed E-state index contributed by atoms with van der Waals surface area (Å²) < 4.78 is 0. The highest BCUT2D eigenvalue weighted by Crippen LogP contribution is 2.48. The van der Waals surface area contributed by atoms with Gasteiger partial charge in [-0.05, 0) is 12.1 Å². The Morgan fingerprint density at radius 2 is 1.19 bits per heavy atom. The lowest BCUT2D eigenvalue weighted by molar-refractivity contribution is 0.406. The van der Waals surface area contributed by atoms with Crippen LogP contribution in [0.5, 0.6) is 0 Å². The lowest BCUT2D eigenvalue weighted by Gasteiger charge is -2.45. The van der Waals surface area contributed by atoms with Crippen LogP contribution < -0.4 is 9.80 Å². The molecule has 2 heteroatoms. The monoisotopic (exact) mass is 280 g/mol. The molecule has 1 heterocycles. The summed E-state index contributed by atoms with van der Waals surface area (Å²) in [6, 6.07) is 8.50. The summed E-state index contributed by atoms with van der Waals surface area (Å²) in [7, 11) is 0. The number of hydrogen-bond donors (Lipinski definition) is 0. The van der Waals surface area contributed by atoms with Crippen molar-refractivity contribution >= 4 is 11.4 Å². The average Bonchev–Trinajstić information content (AvgIpc) is 2.73. The molecule has 0 aliphatic carbocycles. The molecule has 0 spiro atoms. The molecule has 1 aromatic rings. The normalized spacial score (nSPS) is 15.4. The summed E-state index contributed by atoms with van der Waals surface area (Å²) in [5, 5.41) is 0. The molecule has 0 saturated heterocycles. The third-order valence-corrected chi connectivity index (χ3v) is 4.03. The SMILES string of the molecule is C=CCN1c2ccccc2N(CC=C)C1(CC=C)CC=C. The van der Waals surface area contributed by atoms with Crippen LogP contribution >= 0.6 is 0 Å². The molecule has 1 aliphatic rings. The summed E-state index contributed by atoms with van der Waals surface area (Å²) in [4.78, 5) is 4.81. The first-order valence-corrected chi connectivity index (χ1v) is 7.33. The number of anilines is 2. The van der Waals surface area contributed by atoms with Gasteiger partial charge in [0.15, 0.2) is 0 Å². The first kappa shape index (κ1) is 15.2. The molecule has 0 bridgehead atoms. The van der Waals surface area contributed by atoms with Crippen molar-refractivity contribution in [1.29, 1.82) is 0 Å². The Labute approximate surface area is 128 Å². The van der Waals surface area contributed by atoms with Crippen LogP contribution in [-0.4, -0.2) is 18.8 Å². The summed E-state index contributed by atoms with van der Waals surface area (Å²) in [6.07, 6.45) is 9.60. The zero-order chi connectivity index (χ0) is 15.3. The van der Waals surface area contributed by atoms with E-state index in [9.17, 15) is 0 Å². The fourth-order valence-electron chi connectivity index (χ4n) is 3.30. The second kappa shape index (κ2) is 6.49. The molecule has 0 radical (unpaired) electrons. The lowest BCUT2D eigenvalue weighted by atomic mass is 9.98. The van der Waals surface area contributed by atoms with Crippen molar-refractivity contribution in [1.82, 2.24) is 0 Å². The Morgan fingerprint density at radius 1 is 0.762 bits per heavy atom. The first-order valence-electron chi connectivity index (χ1n) is 7.33. The van der Waals surface area contributed by atoms with Gasteiger partial charge in [-0.15, -0.1) is 26.3 Å². The second-order valence-electron chi connectivity index (χ2n) is 5.26. The minimum absolute atomic E-state index is 0.171. The molecule has 1 aromatic carbocycles. The van der Waals surface area contributed by atoms with Crippen molar-refractivity contribution in [3.05, 3.63) is 74.9 Å². The van der Waals surface area contributed by atoms with Gasteiger partial charge in [0.1, 0.15) is 5.66 Å². The third-order valence-electron chi connectivity index (χ3n) is 4.03. The number of fused-ring (bicyclic) bond motifs is 1. The number of benzene rings is 1. The number of para-hydroxylation sites is 2. The zero-order valence-corrected chi connectivity index (χ0v) is 12.7. The van der Waals surface area contributed by atoms with Gasteiger partial charge in [0.25, 0.3) is 0 Å². The van der Waals surface area contributed by atoms with E-state index >= 15 is 0 Å². The van der Waals surface area contributed by atoms with Crippen molar-refractivity contribution in [2.45, 2.75) is 18.5 Å². The molecule has 21 heavy (non-hydrogen) atoms. The van der Waals surface area contributed by atoms with Crippen molar-refractivity contribution in [3.8, 4) is 0 Å². The molecule has 2 nitrogen and oxygen atoms in total. The quantitative estimate of drug-likeness (QED) is 0.645. The molecular weight excluding hydrogens is 256 g/mol. The first-order chi connectivity index (χ1) is 10.2. The fraction of sp³-hybridized carbons (Fsp3) is 0.263. The largest absolute Gasteiger partial charge is 0.343 e. The van der Waals surface area contributed by atoms with E-state index < -0.39 is 0 Å². The van der Waals surface area contributed by atoms with Gasteiger partial charge in [-0.2, -0.15) is 0 Å². The maximum absolute atomic E-state index is 3.96. The van der Waals surface area contributed by atoms with Crippen molar-refractivity contribution < 1.29 is 0 Å². The Bertz CT molecular complexity index is 495. The Hall–Kier alpha value is -2.22. The molecular formula is C19H24N2. The third kappa shape index (κ3) is 2.42. The predicted molar refractivity (Wildman–Crippen MR) is 93.9 cm³/mol.